The number of rotatable bonds is 6. The minimum absolute atomic E-state index is 0.0854. The lowest BCUT2D eigenvalue weighted by Gasteiger charge is -2.28. The van der Waals surface area contributed by atoms with Crippen LogP contribution < -0.4 is 4.90 Å². The van der Waals surface area contributed by atoms with Crippen LogP contribution in [-0.4, -0.2) is 66.5 Å². The molecule has 2 aliphatic heterocycles. The molecule has 2 aromatic carbocycles. The Morgan fingerprint density at radius 2 is 1.82 bits per heavy atom. The van der Waals surface area contributed by atoms with E-state index in [1.807, 2.05) is 56.3 Å². The lowest BCUT2D eigenvalue weighted by atomic mass is 10.2. The van der Waals surface area contributed by atoms with Gasteiger partial charge in [0.1, 0.15) is 0 Å². The highest BCUT2D eigenvalue weighted by molar-refractivity contribution is 8.18. The van der Waals surface area contributed by atoms with Gasteiger partial charge in [-0.1, -0.05) is 6.07 Å². The first-order valence-electron chi connectivity index (χ1n) is 13.0. The van der Waals surface area contributed by atoms with Crippen LogP contribution in [0.4, 0.5) is 11.4 Å². The number of ether oxygens (including phenoxy) is 2. The topological polar surface area (TPSA) is 76.4 Å². The standard InChI is InChI=1S/C30H32N4O4S/c1-5-38-29(36)22-7-6-8-26(18-22)34-20(2)17-23(21(34)3)19-27-28(35)32(4)30(39-27)31-24-9-11-25(12-10-24)33-13-15-37-16-14-33/h6-12,17-19H,5,13-16H2,1-4H3/b27-19-,31-30?. The molecule has 0 aliphatic carbocycles. The minimum atomic E-state index is -0.345. The van der Waals surface area contributed by atoms with Gasteiger partial charge in [0, 0.05) is 42.9 Å². The molecule has 3 aromatic rings. The molecule has 9 heteroatoms. The maximum atomic E-state index is 13.1. The summed E-state index contributed by atoms with van der Waals surface area (Å²) in [7, 11) is 1.75. The number of aliphatic imine (C=N–C) groups is 1. The summed E-state index contributed by atoms with van der Waals surface area (Å²) in [6, 6.07) is 17.5. The van der Waals surface area contributed by atoms with Gasteiger partial charge in [-0.15, -0.1) is 0 Å². The predicted octanol–water partition coefficient (Wildman–Crippen LogP) is 5.34. The van der Waals surface area contributed by atoms with Crippen molar-refractivity contribution in [1.29, 1.82) is 0 Å². The van der Waals surface area contributed by atoms with Crippen LogP contribution in [0.1, 0.15) is 34.2 Å². The fraction of sp³-hybridized carbons (Fsp3) is 0.300. The van der Waals surface area contributed by atoms with Crippen LogP contribution in [0.5, 0.6) is 0 Å². The van der Waals surface area contributed by atoms with Gasteiger partial charge in [-0.05, 0) is 92.7 Å². The first-order valence-corrected chi connectivity index (χ1v) is 13.8. The third-order valence-electron chi connectivity index (χ3n) is 6.83. The van der Waals surface area contributed by atoms with Crippen molar-refractivity contribution in [3.63, 3.8) is 0 Å². The smallest absolute Gasteiger partial charge is 0.338 e. The largest absolute Gasteiger partial charge is 0.462 e. The summed E-state index contributed by atoms with van der Waals surface area (Å²) >= 11 is 1.37. The summed E-state index contributed by atoms with van der Waals surface area (Å²) in [6.45, 7) is 9.38. The lowest BCUT2D eigenvalue weighted by molar-refractivity contribution is -0.121. The number of carbonyl (C=O) groups is 2. The number of amidine groups is 1. The number of likely N-dealkylation sites (N-methyl/N-ethyl adjacent to an activating group) is 1. The van der Waals surface area contributed by atoms with Crippen molar-refractivity contribution in [2.24, 2.45) is 4.99 Å². The summed E-state index contributed by atoms with van der Waals surface area (Å²) in [4.78, 5) is 34.6. The summed E-state index contributed by atoms with van der Waals surface area (Å²) in [5, 5.41) is 0.640. The molecule has 0 bridgehead atoms. The summed E-state index contributed by atoms with van der Waals surface area (Å²) in [5.74, 6) is -0.430. The average Bonchev–Trinajstić information content (AvgIpc) is 3.38. The normalized spacial score (nSPS) is 17.9. The molecule has 8 nitrogen and oxygen atoms in total. The number of hydrogen-bond donors (Lipinski definition) is 0. The molecule has 0 radical (unpaired) electrons. The highest BCUT2D eigenvalue weighted by atomic mass is 32.2. The van der Waals surface area contributed by atoms with Crippen LogP contribution >= 0.6 is 11.8 Å². The van der Waals surface area contributed by atoms with Gasteiger partial charge in [-0.3, -0.25) is 9.69 Å². The first-order chi connectivity index (χ1) is 18.9. The van der Waals surface area contributed by atoms with Crippen LogP contribution in [0.3, 0.4) is 0 Å². The molecule has 0 atom stereocenters. The molecule has 2 saturated heterocycles. The molecule has 0 saturated carbocycles. The fourth-order valence-corrected chi connectivity index (χ4v) is 5.76. The van der Waals surface area contributed by atoms with Crippen molar-refractivity contribution in [1.82, 2.24) is 9.47 Å². The van der Waals surface area contributed by atoms with Gasteiger partial charge in [0.25, 0.3) is 5.91 Å². The van der Waals surface area contributed by atoms with Gasteiger partial charge in [-0.2, -0.15) is 0 Å². The second-order valence-corrected chi connectivity index (χ2v) is 10.4. The van der Waals surface area contributed by atoms with Crippen molar-refractivity contribution in [2.45, 2.75) is 20.8 Å². The summed E-state index contributed by atoms with van der Waals surface area (Å²) < 4.78 is 12.7. The number of carbonyl (C=O) groups excluding carboxylic acids is 2. The SMILES string of the molecule is CCOC(=O)c1cccc(-n2c(C)cc(/C=C3\SC(=Nc4ccc(N5CCOCC5)cc4)N(C)C3=O)c2C)c1. The third-order valence-corrected chi connectivity index (χ3v) is 7.89. The maximum Gasteiger partial charge on any atom is 0.338 e. The Kier molecular flexibility index (Phi) is 7.90. The van der Waals surface area contributed by atoms with E-state index >= 15 is 0 Å². The molecule has 0 spiro atoms. The molecule has 0 unspecified atom stereocenters. The highest BCUT2D eigenvalue weighted by Gasteiger charge is 2.31. The number of thioether (sulfide) groups is 1. The summed E-state index contributed by atoms with van der Waals surface area (Å²) in [5.41, 5.74) is 6.23. The molecule has 1 amide bonds. The quantitative estimate of drug-likeness (QED) is 0.308. The molecule has 3 heterocycles. The number of nitrogens with zero attached hydrogens (tertiary/aromatic N) is 4. The predicted molar refractivity (Wildman–Crippen MR) is 156 cm³/mol. The van der Waals surface area contributed by atoms with E-state index in [1.54, 1.807) is 24.9 Å². The number of morpholine rings is 1. The van der Waals surface area contributed by atoms with Gasteiger partial charge in [0.15, 0.2) is 5.17 Å². The van der Waals surface area contributed by atoms with Crippen LogP contribution in [0.25, 0.3) is 11.8 Å². The zero-order valence-corrected chi connectivity index (χ0v) is 23.5. The number of esters is 1. The van der Waals surface area contributed by atoms with E-state index in [-0.39, 0.29) is 11.9 Å². The van der Waals surface area contributed by atoms with E-state index in [1.165, 1.54) is 11.8 Å². The van der Waals surface area contributed by atoms with Gasteiger partial charge < -0.3 is 18.9 Å². The van der Waals surface area contributed by atoms with Crippen LogP contribution in [-0.2, 0) is 14.3 Å². The Hall–Kier alpha value is -3.82. The second-order valence-electron chi connectivity index (χ2n) is 9.42. The van der Waals surface area contributed by atoms with Crippen molar-refractivity contribution in [3.8, 4) is 5.69 Å². The molecule has 2 aliphatic rings. The van der Waals surface area contributed by atoms with Crippen molar-refractivity contribution >= 4 is 46.3 Å². The molecule has 39 heavy (non-hydrogen) atoms. The lowest BCUT2D eigenvalue weighted by Crippen LogP contribution is -2.36. The fourth-order valence-electron chi connectivity index (χ4n) is 4.78. The second kappa shape index (κ2) is 11.5. The van der Waals surface area contributed by atoms with E-state index in [9.17, 15) is 9.59 Å². The Bertz CT molecular complexity index is 1450. The van der Waals surface area contributed by atoms with Gasteiger partial charge >= 0.3 is 5.97 Å². The zero-order chi connectivity index (χ0) is 27.5. The van der Waals surface area contributed by atoms with E-state index in [2.05, 4.69) is 21.6 Å². The number of aryl methyl sites for hydroxylation is 1. The number of hydrogen-bond acceptors (Lipinski definition) is 7. The van der Waals surface area contributed by atoms with Gasteiger partial charge in [-0.25, -0.2) is 9.79 Å². The van der Waals surface area contributed by atoms with Crippen molar-refractivity contribution in [3.05, 3.63) is 82.0 Å². The molecular formula is C30H32N4O4S. The molecule has 5 rings (SSSR count). The highest BCUT2D eigenvalue weighted by Crippen LogP contribution is 2.35. The Balaban J connectivity index is 1.37. The molecular weight excluding hydrogens is 512 g/mol. The van der Waals surface area contributed by atoms with E-state index in [0.29, 0.717) is 22.2 Å². The van der Waals surface area contributed by atoms with E-state index < -0.39 is 0 Å². The van der Waals surface area contributed by atoms with Gasteiger partial charge in [0.05, 0.1) is 36.0 Å². The maximum absolute atomic E-state index is 13.1. The Morgan fingerprint density at radius 3 is 2.54 bits per heavy atom. The number of anilines is 1. The first kappa shape index (κ1) is 26.8. The van der Waals surface area contributed by atoms with E-state index in [0.717, 1.165) is 60.3 Å². The molecule has 2 fully saturated rings. The molecule has 0 N–H and O–H groups in total. The van der Waals surface area contributed by atoms with Gasteiger partial charge in [0.2, 0.25) is 0 Å². The summed E-state index contributed by atoms with van der Waals surface area (Å²) in [6.07, 6.45) is 1.92. The monoisotopic (exact) mass is 544 g/mol. The molecule has 1 aromatic heterocycles. The number of benzene rings is 2. The zero-order valence-electron chi connectivity index (χ0n) is 22.6. The van der Waals surface area contributed by atoms with Crippen LogP contribution in [0.2, 0.25) is 0 Å². The van der Waals surface area contributed by atoms with Crippen molar-refractivity contribution in [2.75, 3.05) is 44.9 Å². The molecule has 202 valence electrons. The Labute approximate surface area is 232 Å². The third kappa shape index (κ3) is 5.65. The minimum Gasteiger partial charge on any atom is -0.462 e. The number of amides is 1. The van der Waals surface area contributed by atoms with Crippen LogP contribution in [0, 0.1) is 13.8 Å². The van der Waals surface area contributed by atoms with Crippen LogP contribution in [0.15, 0.2) is 64.5 Å². The average molecular weight is 545 g/mol. The Morgan fingerprint density at radius 1 is 1.08 bits per heavy atom. The number of aromatic nitrogens is 1. The van der Waals surface area contributed by atoms with E-state index in [4.69, 9.17) is 14.5 Å². The van der Waals surface area contributed by atoms with Crippen molar-refractivity contribution < 1.29 is 19.1 Å².